The Morgan fingerprint density at radius 3 is 2.52 bits per heavy atom. The van der Waals surface area contributed by atoms with E-state index in [1.807, 2.05) is 29.6 Å². The highest BCUT2D eigenvalue weighted by molar-refractivity contribution is 7.99. The molecule has 8 heteroatoms. The van der Waals surface area contributed by atoms with Crippen LogP contribution in [0.2, 0.25) is 0 Å². The zero-order valence-corrected chi connectivity index (χ0v) is 17.9. The molecule has 0 unspecified atom stereocenters. The topological polar surface area (TPSA) is 45.4 Å². The van der Waals surface area contributed by atoms with Gasteiger partial charge >= 0.3 is 0 Å². The molecule has 0 aliphatic carbocycles. The van der Waals surface area contributed by atoms with Gasteiger partial charge in [-0.05, 0) is 48.7 Å². The Hall–Kier alpha value is -1.74. The quantitative estimate of drug-likeness (QED) is 0.470. The standard InChI is InChI=1S/C21H25FN4OS2/c22-17-5-7-18(8-6-17)28-16-14-26-12-10-25(11-13-26)9-1-4-20-23-21(24-27-20)19-3-2-15-29-19/h2-3,5-8,15H,1,4,9-14,16H2. The third-order valence-corrected chi connectivity index (χ3v) is 6.89. The number of thioether (sulfide) groups is 1. The van der Waals surface area contributed by atoms with E-state index in [9.17, 15) is 4.39 Å². The van der Waals surface area contributed by atoms with Crippen molar-refractivity contribution >= 4 is 23.1 Å². The second kappa shape index (κ2) is 10.3. The molecule has 0 atom stereocenters. The molecule has 0 N–H and O–H groups in total. The van der Waals surface area contributed by atoms with E-state index in [1.54, 1.807) is 23.1 Å². The highest BCUT2D eigenvalue weighted by Crippen LogP contribution is 2.21. The lowest BCUT2D eigenvalue weighted by molar-refractivity contribution is 0.136. The first-order chi connectivity index (χ1) is 14.3. The van der Waals surface area contributed by atoms with Gasteiger partial charge in [0.1, 0.15) is 5.82 Å². The Balaban J connectivity index is 1.10. The van der Waals surface area contributed by atoms with Crippen LogP contribution in [0.1, 0.15) is 12.3 Å². The lowest BCUT2D eigenvalue weighted by atomic mass is 10.2. The number of hydrogen-bond donors (Lipinski definition) is 0. The van der Waals surface area contributed by atoms with Gasteiger partial charge in [0.15, 0.2) is 0 Å². The van der Waals surface area contributed by atoms with Crippen molar-refractivity contribution < 1.29 is 8.91 Å². The summed E-state index contributed by atoms with van der Waals surface area (Å²) in [4.78, 5) is 11.7. The summed E-state index contributed by atoms with van der Waals surface area (Å²) >= 11 is 3.42. The molecule has 4 rings (SSSR count). The Morgan fingerprint density at radius 1 is 1.03 bits per heavy atom. The third-order valence-electron chi connectivity index (χ3n) is 5.03. The van der Waals surface area contributed by atoms with Crippen LogP contribution in [0, 0.1) is 5.82 Å². The summed E-state index contributed by atoms with van der Waals surface area (Å²) in [5.41, 5.74) is 0. The van der Waals surface area contributed by atoms with Crippen molar-refractivity contribution in [1.29, 1.82) is 0 Å². The fraction of sp³-hybridized carbons (Fsp3) is 0.429. The van der Waals surface area contributed by atoms with E-state index in [-0.39, 0.29) is 5.82 Å². The van der Waals surface area contributed by atoms with Crippen molar-refractivity contribution in [3.05, 3.63) is 53.5 Å². The van der Waals surface area contributed by atoms with Gasteiger partial charge in [-0.2, -0.15) is 4.98 Å². The van der Waals surface area contributed by atoms with Gasteiger partial charge in [0.2, 0.25) is 11.7 Å². The Morgan fingerprint density at radius 2 is 1.79 bits per heavy atom. The summed E-state index contributed by atoms with van der Waals surface area (Å²) in [6.07, 6.45) is 1.86. The normalized spacial score (nSPS) is 15.8. The molecule has 1 saturated heterocycles. The van der Waals surface area contributed by atoms with Crippen LogP contribution < -0.4 is 0 Å². The van der Waals surface area contributed by atoms with Crippen LogP contribution in [0.5, 0.6) is 0 Å². The van der Waals surface area contributed by atoms with Crippen molar-refractivity contribution in [2.45, 2.75) is 17.7 Å². The third kappa shape index (κ3) is 6.12. The first-order valence-electron chi connectivity index (χ1n) is 9.96. The number of thiophene rings is 1. The fourth-order valence-corrected chi connectivity index (χ4v) is 4.94. The first-order valence-corrected chi connectivity index (χ1v) is 11.8. The molecule has 2 aromatic heterocycles. The van der Waals surface area contributed by atoms with Crippen molar-refractivity contribution in [2.75, 3.05) is 45.0 Å². The molecule has 1 aliphatic heterocycles. The molecule has 0 radical (unpaired) electrons. The van der Waals surface area contributed by atoms with Gasteiger partial charge in [-0.1, -0.05) is 11.2 Å². The van der Waals surface area contributed by atoms with E-state index in [0.717, 1.165) is 73.5 Å². The molecular weight excluding hydrogens is 407 g/mol. The van der Waals surface area contributed by atoms with E-state index in [4.69, 9.17) is 4.52 Å². The van der Waals surface area contributed by atoms with Crippen molar-refractivity contribution in [2.24, 2.45) is 0 Å². The van der Waals surface area contributed by atoms with Gasteiger partial charge in [-0.25, -0.2) is 4.39 Å². The average molecular weight is 433 g/mol. The Labute approximate surface area is 178 Å². The molecule has 29 heavy (non-hydrogen) atoms. The highest BCUT2D eigenvalue weighted by atomic mass is 32.2. The number of hydrogen-bond acceptors (Lipinski definition) is 7. The van der Waals surface area contributed by atoms with Crippen LogP contribution in [0.4, 0.5) is 4.39 Å². The van der Waals surface area contributed by atoms with Crippen LogP contribution in [-0.4, -0.2) is 65.0 Å². The number of rotatable bonds is 9. The van der Waals surface area contributed by atoms with Crippen molar-refractivity contribution in [1.82, 2.24) is 19.9 Å². The van der Waals surface area contributed by atoms with Gasteiger partial charge in [-0.3, -0.25) is 4.90 Å². The molecule has 154 valence electrons. The van der Waals surface area contributed by atoms with E-state index >= 15 is 0 Å². The van der Waals surface area contributed by atoms with Crippen LogP contribution in [0.15, 0.2) is 51.2 Å². The summed E-state index contributed by atoms with van der Waals surface area (Å²) in [6.45, 7) is 6.55. The predicted molar refractivity (Wildman–Crippen MR) is 116 cm³/mol. The number of aromatic nitrogens is 2. The maximum Gasteiger partial charge on any atom is 0.227 e. The molecule has 1 aliphatic rings. The number of piperazine rings is 1. The van der Waals surface area contributed by atoms with Gasteiger partial charge in [0.25, 0.3) is 0 Å². The van der Waals surface area contributed by atoms with E-state index < -0.39 is 0 Å². The second-order valence-corrected chi connectivity index (χ2v) is 9.19. The second-order valence-electron chi connectivity index (χ2n) is 7.08. The zero-order chi connectivity index (χ0) is 19.9. The molecule has 0 amide bonds. The van der Waals surface area contributed by atoms with Gasteiger partial charge < -0.3 is 9.42 Å². The summed E-state index contributed by atoms with van der Waals surface area (Å²) in [5, 5.41) is 6.09. The van der Waals surface area contributed by atoms with E-state index in [0.29, 0.717) is 5.82 Å². The Bertz CT molecular complexity index is 861. The van der Waals surface area contributed by atoms with Gasteiger partial charge in [0, 0.05) is 49.8 Å². The monoisotopic (exact) mass is 432 g/mol. The smallest absolute Gasteiger partial charge is 0.227 e. The average Bonchev–Trinajstić information content (AvgIpc) is 3.43. The van der Waals surface area contributed by atoms with Crippen LogP contribution in [0.3, 0.4) is 0 Å². The van der Waals surface area contributed by atoms with Crippen LogP contribution in [0.25, 0.3) is 10.7 Å². The first kappa shape index (κ1) is 20.5. The molecule has 0 spiro atoms. The summed E-state index contributed by atoms with van der Waals surface area (Å²) in [5.74, 6) is 2.29. The fourth-order valence-electron chi connectivity index (χ4n) is 3.38. The molecule has 3 heterocycles. The zero-order valence-electron chi connectivity index (χ0n) is 16.3. The minimum absolute atomic E-state index is 0.174. The minimum atomic E-state index is -0.174. The largest absolute Gasteiger partial charge is 0.339 e. The summed E-state index contributed by atoms with van der Waals surface area (Å²) in [7, 11) is 0. The maximum absolute atomic E-state index is 12.9. The van der Waals surface area contributed by atoms with E-state index in [1.165, 1.54) is 12.1 Å². The van der Waals surface area contributed by atoms with Crippen molar-refractivity contribution in [3.63, 3.8) is 0 Å². The van der Waals surface area contributed by atoms with Gasteiger partial charge in [-0.15, -0.1) is 23.1 Å². The number of halogens is 1. The van der Waals surface area contributed by atoms with Crippen LogP contribution in [-0.2, 0) is 6.42 Å². The molecule has 1 aromatic carbocycles. The van der Waals surface area contributed by atoms with Crippen molar-refractivity contribution in [3.8, 4) is 10.7 Å². The SMILES string of the molecule is Fc1ccc(SCCN2CCN(CCCc3nc(-c4cccs4)no3)CC2)cc1. The van der Waals surface area contributed by atoms with Crippen LogP contribution >= 0.6 is 23.1 Å². The molecule has 0 bridgehead atoms. The maximum atomic E-state index is 12.9. The highest BCUT2D eigenvalue weighted by Gasteiger charge is 2.17. The lowest BCUT2D eigenvalue weighted by Crippen LogP contribution is -2.47. The Kier molecular flexibility index (Phi) is 7.32. The molecular formula is C21H25FN4OS2. The number of aryl methyl sites for hydroxylation is 1. The lowest BCUT2D eigenvalue weighted by Gasteiger charge is -2.34. The molecule has 5 nitrogen and oxygen atoms in total. The minimum Gasteiger partial charge on any atom is -0.339 e. The summed E-state index contributed by atoms with van der Waals surface area (Å²) in [6, 6.07) is 10.8. The summed E-state index contributed by atoms with van der Waals surface area (Å²) < 4.78 is 18.3. The molecule has 3 aromatic rings. The number of benzene rings is 1. The molecule has 0 saturated carbocycles. The van der Waals surface area contributed by atoms with E-state index in [2.05, 4.69) is 19.9 Å². The van der Waals surface area contributed by atoms with Gasteiger partial charge in [0.05, 0.1) is 4.88 Å². The number of nitrogens with zero attached hydrogens (tertiary/aromatic N) is 4. The predicted octanol–water partition coefficient (Wildman–Crippen LogP) is 4.28. The molecule has 1 fully saturated rings.